The number of rotatable bonds is 1. The molecule has 3 nitrogen and oxygen atoms in total. The topological polar surface area (TPSA) is 32.3 Å². The molecule has 0 bridgehead atoms. The average Bonchev–Trinajstić information content (AvgIpc) is 2.36. The van der Waals surface area contributed by atoms with Crippen molar-refractivity contribution in [3.63, 3.8) is 0 Å². The van der Waals surface area contributed by atoms with Crippen LogP contribution in [-0.4, -0.2) is 36.0 Å². The lowest BCUT2D eigenvalue weighted by molar-refractivity contribution is 0.0601. The summed E-state index contributed by atoms with van der Waals surface area (Å²) in [5.74, 6) is -2.26. The molecule has 2 unspecified atom stereocenters. The van der Waals surface area contributed by atoms with Crippen molar-refractivity contribution in [1.29, 1.82) is 0 Å². The van der Waals surface area contributed by atoms with Gasteiger partial charge in [0.25, 0.3) is 5.91 Å². The molecule has 0 radical (unpaired) electrons. The maximum absolute atomic E-state index is 13.3. The van der Waals surface area contributed by atoms with Crippen molar-refractivity contribution in [3.8, 4) is 0 Å². The van der Waals surface area contributed by atoms with E-state index in [2.05, 4.69) is 21.2 Å². The molecule has 0 spiro atoms. The van der Waals surface area contributed by atoms with Gasteiger partial charge in [0.05, 0.1) is 5.56 Å². The Labute approximate surface area is 131 Å². The van der Waals surface area contributed by atoms with Gasteiger partial charge in [-0.25, -0.2) is 8.78 Å². The summed E-state index contributed by atoms with van der Waals surface area (Å²) in [6.45, 7) is 5.17. The molecule has 1 aromatic carbocycles. The predicted molar refractivity (Wildman–Crippen MR) is 79.3 cm³/mol. The number of nitrogens with one attached hydrogen (secondary N) is 1. The normalized spacial score (nSPS) is 22.4. The van der Waals surface area contributed by atoms with Gasteiger partial charge in [-0.15, -0.1) is 12.4 Å². The molecular formula is C13H16BrClF2N2O. The second-order valence-corrected chi connectivity index (χ2v) is 5.58. The Morgan fingerprint density at radius 3 is 2.60 bits per heavy atom. The number of halogens is 4. The fraction of sp³-hybridized carbons (Fsp3) is 0.462. The van der Waals surface area contributed by atoms with Crippen molar-refractivity contribution in [3.05, 3.63) is 33.8 Å². The standard InChI is InChI=1S/C13H15BrF2N2O.ClH/c1-7-8(2)18(4-3-17-7)13(19)9-5-11(15)12(16)6-10(9)14;/h5-8,17H,3-4H2,1-2H3;1H. The first kappa shape index (κ1) is 17.3. The lowest BCUT2D eigenvalue weighted by Gasteiger charge is -2.38. The summed E-state index contributed by atoms with van der Waals surface area (Å²) in [5.41, 5.74) is 0.153. The number of hydrogen-bond acceptors (Lipinski definition) is 2. The second-order valence-electron chi connectivity index (χ2n) is 4.73. The smallest absolute Gasteiger partial charge is 0.255 e. The Bertz CT molecular complexity index is 515. The molecule has 0 aromatic heterocycles. The molecule has 112 valence electrons. The number of carbonyl (C=O) groups is 1. The summed E-state index contributed by atoms with van der Waals surface area (Å²) in [6.07, 6.45) is 0. The molecule has 1 aliphatic rings. The van der Waals surface area contributed by atoms with E-state index in [1.807, 2.05) is 13.8 Å². The van der Waals surface area contributed by atoms with Gasteiger partial charge in [0, 0.05) is 29.6 Å². The molecule has 1 aliphatic heterocycles. The van der Waals surface area contributed by atoms with Crippen LogP contribution < -0.4 is 5.32 Å². The van der Waals surface area contributed by atoms with E-state index < -0.39 is 11.6 Å². The minimum atomic E-state index is -1.01. The molecule has 1 heterocycles. The van der Waals surface area contributed by atoms with Gasteiger partial charge in [-0.2, -0.15) is 0 Å². The van der Waals surface area contributed by atoms with Crippen LogP contribution in [0.15, 0.2) is 16.6 Å². The maximum Gasteiger partial charge on any atom is 0.255 e. The van der Waals surface area contributed by atoms with Gasteiger partial charge in [0.15, 0.2) is 11.6 Å². The van der Waals surface area contributed by atoms with E-state index in [1.165, 1.54) is 0 Å². The van der Waals surface area contributed by atoms with E-state index >= 15 is 0 Å². The zero-order valence-electron chi connectivity index (χ0n) is 11.1. The molecule has 1 saturated heterocycles. The number of hydrogen-bond donors (Lipinski definition) is 1. The summed E-state index contributed by atoms with van der Waals surface area (Å²) in [6, 6.07) is 2.10. The first-order valence-electron chi connectivity index (χ1n) is 6.10. The maximum atomic E-state index is 13.3. The fourth-order valence-corrected chi connectivity index (χ4v) is 2.67. The molecule has 1 fully saturated rings. The van der Waals surface area contributed by atoms with Gasteiger partial charge in [0.1, 0.15) is 0 Å². The number of carbonyl (C=O) groups excluding carboxylic acids is 1. The largest absolute Gasteiger partial charge is 0.333 e. The molecule has 1 N–H and O–H groups in total. The number of benzene rings is 1. The Balaban J connectivity index is 0.00000200. The van der Waals surface area contributed by atoms with Gasteiger partial charge in [-0.1, -0.05) is 0 Å². The third kappa shape index (κ3) is 3.30. The van der Waals surface area contributed by atoms with Crippen LogP contribution in [0, 0.1) is 11.6 Å². The number of amides is 1. The minimum absolute atomic E-state index is 0. The Morgan fingerprint density at radius 1 is 1.35 bits per heavy atom. The van der Waals surface area contributed by atoms with Crippen molar-refractivity contribution in [2.45, 2.75) is 25.9 Å². The number of nitrogens with zero attached hydrogens (tertiary/aromatic N) is 1. The van der Waals surface area contributed by atoms with Gasteiger partial charge in [-0.05, 0) is 41.9 Å². The summed E-state index contributed by atoms with van der Waals surface area (Å²) < 4.78 is 26.6. The van der Waals surface area contributed by atoms with Crippen LogP contribution in [0.2, 0.25) is 0 Å². The van der Waals surface area contributed by atoms with E-state index in [0.717, 1.165) is 12.1 Å². The third-order valence-corrected chi connectivity index (χ3v) is 4.19. The molecule has 1 amide bonds. The van der Waals surface area contributed by atoms with Crippen molar-refractivity contribution >= 4 is 34.2 Å². The molecule has 1 aromatic rings. The van der Waals surface area contributed by atoms with E-state index in [4.69, 9.17) is 0 Å². The highest BCUT2D eigenvalue weighted by atomic mass is 79.9. The first-order valence-corrected chi connectivity index (χ1v) is 6.90. The van der Waals surface area contributed by atoms with Gasteiger partial charge in [0.2, 0.25) is 0 Å². The lowest BCUT2D eigenvalue weighted by atomic mass is 10.1. The third-order valence-electron chi connectivity index (χ3n) is 3.54. The zero-order valence-corrected chi connectivity index (χ0v) is 13.5. The minimum Gasteiger partial charge on any atom is -0.333 e. The van der Waals surface area contributed by atoms with E-state index in [0.29, 0.717) is 13.1 Å². The summed E-state index contributed by atoms with van der Waals surface area (Å²) >= 11 is 3.11. The van der Waals surface area contributed by atoms with Crippen LogP contribution in [0.1, 0.15) is 24.2 Å². The monoisotopic (exact) mass is 368 g/mol. The molecule has 2 atom stereocenters. The van der Waals surface area contributed by atoms with Crippen LogP contribution in [0.5, 0.6) is 0 Å². The molecule has 7 heteroatoms. The highest BCUT2D eigenvalue weighted by Crippen LogP contribution is 2.23. The molecule has 0 aliphatic carbocycles. The van der Waals surface area contributed by atoms with Crippen LogP contribution in [0.3, 0.4) is 0 Å². The summed E-state index contributed by atoms with van der Waals surface area (Å²) in [5, 5.41) is 3.26. The Kier molecular flexibility index (Phi) is 5.91. The quantitative estimate of drug-likeness (QED) is 0.772. The molecule has 20 heavy (non-hydrogen) atoms. The zero-order chi connectivity index (χ0) is 14.2. The van der Waals surface area contributed by atoms with Crippen molar-refractivity contribution in [2.24, 2.45) is 0 Å². The summed E-state index contributed by atoms with van der Waals surface area (Å²) in [7, 11) is 0. The van der Waals surface area contributed by atoms with E-state index in [9.17, 15) is 13.6 Å². The van der Waals surface area contributed by atoms with Crippen LogP contribution in [0.4, 0.5) is 8.78 Å². The SMILES string of the molecule is CC1NCCN(C(=O)c2cc(F)c(F)cc2Br)C1C.Cl. The highest BCUT2D eigenvalue weighted by Gasteiger charge is 2.30. The van der Waals surface area contributed by atoms with E-state index in [-0.39, 0.29) is 40.4 Å². The van der Waals surface area contributed by atoms with Crippen molar-refractivity contribution in [2.75, 3.05) is 13.1 Å². The predicted octanol–water partition coefficient (Wildman–Crippen LogP) is 2.97. The summed E-state index contributed by atoms with van der Waals surface area (Å²) in [4.78, 5) is 14.1. The van der Waals surface area contributed by atoms with Crippen LogP contribution >= 0.6 is 28.3 Å². The van der Waals surface area contributed by atoms with Gasteiger partial charge in [-0.3, -0.25) is 4.79 Å². The van der Waals surface area contributed by atoms with Crippen LogP contribution in [-0.2, 0) is 0 Å². The average molecular weight is 370 g/mol. The molecule has 0 saturated carbocycles. The Hall–Kier alpha value is -0.720. The molecular weight excluding hydrogens is 354 g/mol. The number of piperazine rings is 1. The van der Waals surface area contributed by atoms with Gasteiger partial charge < -0.3 is 10.2 Å². The van der Waals surface area contributed by atoms with Gasteiger partial charge >= 0.3 is 0 Å². The highest BCUT2D eigenvalue weighted by molar-refractivity contribution is 9.10. The first-order chi connectivity index (χ1) is 8.91. The molecule has 2 rings (SSSR count). The van der Waals surface area contributed by atoms with E-state index in [1.54, 1.807) is 4.90 Å². The van der Waals surface area contributed by atoms with Crippen LogP contribution in [0.25, 0.3) is 0 Å². The van der Waals surface area contributed by atoms with Crippen molar-refractivity contribution < 1.29 is 13.6 Å². The second kappa shape index (κ2) is 6.83. The fourth-order valence-electron chi connectivity index (χ4n) is 2.18. The van der Waals surface area contributed by atoms with Crippen molar-refractivity contribution in [1.82, 2.24) is 10.2 Å². The lowest BCUT2D eigenvalue weighted by Crippen LogP contribution is -2.57. The Morgan fingerprint density at radius 2 is 1.95 bits per heavy atom.